The van der Waals surface area contributed by atoms with Crippen LogP contribution in [0.25, 0.3) is 10.9 Å². The lowest BCUT2D eigenvalue weighted by atomic mass is 9.92. The number of H-pyrrole nitrogens is 1. The number of amides is 1. The smallest absolute Gasteiger partial charge is 0.410 e. The minimum absolute atomic E-state index is 0.283. The third-order valence-corrected chi connectivity index (χ3v) is 6.83. The van der Waals surface area contributed by atoms with E-state index in [1.165, 1.54) is 5.56 Å². The highest BCUT2D eigenvalue weighted by Gasteiger charge is 2.35. The van der Waals surface area contributed by atoms with Crippen LogP contribution in [0.5, 0.6) is 5.75 Å². The molecule has 176 valence electrons. The highest BCUT2D eigenvalue weighted by molar-refractivity contribution is 7.13. The van der Waals surface area contributed by atoms with Crippen molar-refractivity contribution in [3.63, 3.8) is 0 Å². The normalized spacial score (nSPS) is 15.2. The highest BCUT2D eigenvalue weighted by Crippen LogP contribution is 2.39. The number of halogens is 1. The molecule has 0 saturated carbocycles. The number of thiazole rings is 1. The molecule has 2 N–H and O–H groups in total. The molecule has 0 unspecified atom stereocenters. The van der Waals surface area contributed by atoms with Crippen LogP contribution < -0.4 is 10.1 Å². The maximum Gasteiger partial charge on any atom is 0.410 e. The molecule has 3 heterocycles. The third kappa shape index (κ3) is 4.56. The Hall–Kier alpha value is -3.23. The average molecular weight is 497 g/mol. The quantitative estimate of drug-likeness (QED) is 0.313. The number of aromatic amines is 1. The van der Waals surface area contributed by atoms with Crippen LogP contribution in [0, 0.1) is 0 Å². The topological polar surface area (TPSA) is 79.5 Å². The predicted molar refractivity (Wildman–Crippen MR) is 135 cm³/mol. The lowest BCUT2D eigenvalue weighted by Gasteiger charge is -2.35. The molecule has 1 amide bonds. The van der Waals surface area contributed by atoms with Crippen molar-refractivity contribution in [3.05, 3.63) is 75.9 Å². The third-order valence-electron chi connectivity index (χ3n) is 5.87. The van der Waals surface area contributed by atoms with Gasteiger partial charge in [0.05, 0.1) is 13.2 Å². The van der Waals surface area contributed by atoms with Crippen molar-refractivity contribution in [2.45, 2.75) is 19.4 Å². The van der Waals surface area contributed by atoms with Crippen LogP contribution in [-0.2, 0) is 11.2 Å². The molecule has 0 bridgehead atoms. The second kappa shape index (κ2) is 9.95. The van der Waals surface area contributed by atoms with Crippen LogP contribution >= 0.6 is 22.9 Å². The molecule has 0 fully saturated rings. The van der Waals surface area contributed by atoms with Crippen LogP contribution in [0.15, 0.2) is 54.0 Å². The first kappa shape index (κ1) is 22.6. The summed E-state index contributed by atoms with van der Waals surface area (Å²) in [5.74, 6) is 0.770. The molecule has 0 aliphatic carbocycles. The Morgan fingerprint density at radius 3 is 2.91 bits per heavy atom. The fourth-order valence-electron chi connectivity index (χ4n) is 4.39. The molecule has 0 radical (unpaired) electrons. The summed E-state index contributed by atoms with van der Waals surface area (Å²) in [6.45, 7) is 3.90. The molecule has 2 aromatic heterocycles. The summed E-state index contributed by atoms with van der Waals surface area (Å²) in [6, 6.07) is 13.5. The molecule has 1 aliphatic rings. The highest BCUT2D eigenvalue weighted by atomic mass is 35.5. The Kier molecular flexibility index (Phi) is 6.60. The molecular formula is C25H25ClN4O3S. The van der Waals surface area contributed by atoms with E-state index in [4.69, 9.17) is 21.1 Å². The van der Waals surface area contributed by atoms with E-state index in [1.54, 1.807) is 22.4 Å². The number of hydrogen-bond acceptors (Lipinski definition) is 6. The molecule has 9 heteroatoms. The number of benzene rings is 2. The number of nitrogens with zero attached hydrogens (tertiary/aromatic N) is 2. The van der Waals surface area contributed by atoms with Crippen LogP contribution in [0.2, 0.25) is 5.02 Å². The van der Waals surface area contributed by atoms with Crippen molar-refractivity contribution in [2.75, 3.05) is 31.6 Å². The first-order valence-corrected chi connectivity index (χ1v) is 12.5. The Morgan fingerprint density at radius 2 is 2.15 bits per heavy atom. The van der Waals surface area contributed by atoms with Crippen molar-refractivity contribution in [1.82, 2.24) is 14.9 Å². The van der Waals surface area contributed by atoms with Gasteiger partial charge in [-0.2, -0.15) is 0 Å². The minimum Gasteiger partial charge on any atom is -0.492 e. The minimum atomic E-state index is -0.316. The molecule has 1 atom stereocenters. The van der Waals surface area contributed by atoms with Gasteiger partial charge in [0, 0.05) is 39.7 Å². The monoisotopic (exact) mass is 496 g/mol. The second-order valence-electron chi connectivity index (χ2n) is 7.93. The van der Waals surface area contributed by atoms with Gasteiger partial charge in [0.1, 0.15) is 18.4 Å². The van der Waals surface area contributed by atoms with Crippen LogP contribution in [-0.4, -0.2) is 47.3 Å². The van der Waals surface area contributed by atoms with E-state index in [-0.39, 0.29) is 12.1 Å². The number of nitrogens with one attached hydrogen (secondary N) is 2. The molecule has 34 heavy (non-hydrogen) atoms. The fourth-order valence-corrected chi connectivity index (χ4v) is 5.12. The number of aromatic nitrogens is 2. The molecule has 7 nitrogen and oxygen atoms in total. The summed E-state index contributed by atoms with van der Waals surface area (Å²) < 4.78 is 11.3. The number of rotatable bonds is 7. The van der Waals surface area contributed by atoms with Crippen molar-refractivity contribution < 1.29 is 14.3 Å². The van der Waals surface area contributed by atoms with E-state index in [0.717, 1.165) is 39.5 Å². The van der Waals surface area contributed by atoms with Crippen molar-refractivity contribution in [2.24, 2.45) is 0 Å². The predicted octanol–water partition coefficient (Wildman–Crippen LogP) is 5.87. The van der Waals surface area contributed by atoms with Gasteiger partial charge in [0.2, 0.25) is 0 Å². The lowest BCUT2D eigenvalue weighted by Crippen LogP contribution is -2.40. The second-order valence-corrected chi connectivity index (χ2v) is 9.26. The number of carbonyl (C=O) groups excluding carboxylic acids is 1. The van der Waals surface area contributed by atoms with Gasteiger partial charge in [-0.25, -0.2) is 9.78 Å². The van der Waals surface area contributed by atoms with Gasteiger partial charge in [-0.15, -0.1) is 11.3 Å². The number of carbonyl (C=O) groups is 1. The Morgan fingerprint density at radius 1 is 1.29 bits per heavy atom. The van der Waals surface area contributed by atoms with E-state index in [2.05, 4.69) is 15.3 Å². The molecule has 0 saturated heterocycles. The van der Waals surface area contributed by atoms with Crippen molar-refractivity contribution in [3.8, 4) is 5.75 Å². The van der Waals surface area contributed by atoms with Gasteiger partial charge in [-0.1, -0.05) is 23.7 Å². The van der Waals surface area contributed by atoms with E-state index in [9.17, 15) is 4.79 Å². The maximum atomic E-state index is 12.8. The zero-order valence-corrected chi connectivity index (χ0v) is 20.3. The van der Waals surface area contributed by atoms with E-state index >= 15 is 0 Å². The van der Waals surface area contributed by atoms with Gasteiger partial charge in [-0.05, 0) is 54.8 Å². The molecule has 0 spiro atoms. The lowest BCUT2D eigenvalue weighted by molar-refractivity contribution is 0.0932. The molecule has 5 rings (SSSR count). The first-order valence-electron chi connectivity index (χ1n) is 11.2. The summed E-state index contributed by atoms with van der Waals surface area (Å²) in [7, 11) is 0. The van der Waals surface area contributed by atoms with Gasteiger partial charge in [-0.3, -0.25) is 4.90 Å². The van der Waals surface area contributed by atoms with E-state index in [1.807, 2.05) is 54.8 Å². The SMILES string of the molecule is CCOC(=O)N1CCc2c([nH]c3ccc(Cl)cc23)[C@@H]1c1ccc(OCCNc2nccs2)cc1. The number of ether oxygens (including phenoxy) is 2. The number of fused-ring (bicyclic) bond motifs is 3. The Bertz CT molecular complexity index is 1270. The van der Waals surface area contributed by atoms with Crippen LogP contribution in [0.4, 0.5) is 9.93 Å². The number of anilines is 1. The zero-order chi connectivity index (χ0) is 23.5. The molecule has 2 aromatic carbocycles. The van der Waals surface area contributed by atoms with E-state index in [0.29, 0.717) is 31.3 Å². The van der Waals surface area contributed by atoms with Crippen LogP contribution in [0.3, 0.4) is 0 Å². The maximum absolute atomic E-state index is 12.8. The van der Waals surface area contributed by atoms with E-state index < -0.39 is 0 Å². The summed E-state index contributed by atoms with van der Waals surface area (Å²) in [5, 5.41) is 7.84. The van der Waals surface area contributed by atoms with Crippen molar-refractivity contribution >= 4 is 45.1 Å². The molecule has 1 aliphatic heterocycles. The largest absolute Gasteiger partial charge is 0.492 e. The van der Waals surface area contributed by atoms with Gasteiger partial charge < -0.3 is 19.8 Å². The van der Waals surface area contributed by atoms with Crippen molar-refractivity contribution in [1.29, 1.82) is 0 Å². The average Bonchev–Trinajstić information content (AvgIpc) is 3.49. The Balaban J connectivity index is 1.39. The standard InChI is InChI=1S/C25H25ClN4O3S/c1-2-32-25(31)30-12-9-19-20-15-17(26)5-8-21(20)29-22(19)23(30)16-3-6-18(7-4-16)33-13-10-27-24-28-11-14-34-24/h3-8,11,14-15,23,29H,2,9-10,12-13H2,1H3,(H,27,28)/t23-/m0/s1. The summed E-state index contributed by atoms with van der Waals surface area (Å²) in [4.78, 5) is 22.4. The summed E-state index contributed by atoms with van der Waals surface area (Å²) in [5.41, 5.74) is 4.19. The summed E-state index contributed by atoms with van der Waals surface area (Å²) >= 11 is 7.83. The molecular weight excluding hydrogens is 472 g/mol. The first-order chi connectivity index (χ1) is 16.6. The summed E-state index contributed by atoms with van der Waals surface area (Å²) in [6.07, 6.45) is 2.19. The zero-order valence-electron chi connectivity index (χ0n) is 18.7. The molecule has 4 aromatic rings. The fraction of sp³-hybridized carbons (Fsp3) is 0.280. The van der Waals surface area contributed by atoms with Gasteiger partial charge >= 0.3 is 6.09 Å². The van der Waals surface area contributed by atoms with Gasteiger partial charge in [0.25, 0.3) is 0 Å². The van der Waals surface area contributed by atoms with Gasteiger partial charge in [0.15, 0.2) is 5.13 Å². The van der Waals surface area contributed by atoms with Crippen LogP contribution in [0.1, 0.15) is 29.8 Å². The Labute approximate surface area is 206 Å². The number of hydrogen-bond donors (Lipinski definition) is 2.